The lowest BCUT2D eigenvalue weighted by Gasteiger charge is -2.28. The molecule has 0 spiro atoms. The number of alkyl halides is 3. The van der Waals surface area contributed by atoms with Gasteiger partial charge in [-0.25, -0.2) is 0 Å². The van der Waals surface area contributed by atoms with Gasteiger partial charge in [-0.15, -0.1) is 0 Å². The van der Waals surface area contributed by atoms with Crippen LogP contribution in [0.3, 0.4) is 0 Å². The summed E-state index contributed by atoms with van der Waals surface area (Å²) in [6, 6.07) is 10.7. The zero-order chi connectivity index (χ0) is 19.6. The summed E-state index contributed by atoms with van der Waals surface area (Å²) >= 11 is 0. The number of rotatable bonds is 4. The van der Waals surface area contributed by atoms with Crippen LogP contribution >= 0.6 is 0 Å². The summed E-state index contributed by atoms with van der Waals surface area (Å²) in [6.07, 6.45) is -3.53. The first-order chi connectivity index (χ1) is 12.8. The molecule has 0 heterocycles. The topological polar surface area (TPSA) is 47.6 Å². The second kappa shape index (κ2) is 7.50. The van der Waals surface area contributed by atoms with Crippen LogP contribution < -0.4 is 14.8 Å². The molecule has 1 amide bonds. The smallest absolute Gasteiger partial charge is 0.471 e. The van der Waals surface area contributed by atoms with Crippen LogP contribution in [0.2, 0.25) is 0 Å². The fourth-order valence-electron chi connectivity index (χ4n) is 3.55. The highest BCUT2D eigenvalue weighted by atomic mass is 19.4. The van der Waals surface area contributed by atoms with Crippen molar-refractivity contribution in [1.82, 2.24) is 5.32 Å². The van der Waals surface area contributed by atoms with E-state index in [2.05, 4.69) is 5.32 Å². The Morgan fingerprint density at radius 3 is 2.30 bits per heavy atom. The Balaban J connectivity index is 1.95. The average Bonchev–Trinajstić information content (AvgIpc) is 2.65. The van der Waals surface area contributed by atoms with Gasteiger partial charge in [-0.2, -0.15) is 13.2 Å². The largest absolute Gasteiger partial charge is 0.496 e. The molecule has 1 aliphatic rings. The molecule has 1 atom stereocenters. The molecular weight excluding hydrogens is 359 g/mol. The highest BCUT2D eigenvalue weighted by Crippen LogP contribution is 2.42. The summed E-state index contributed by atoms with van der Waals surface area (Å²) in [5, 5.41) is 2.09. The van der Waals surface area contributed by atoms with E-state index < -0.39 is 18.1 Å². The molecule has 144 valence electrons. The predicted octanol–water partition coefficient (Wildman–Crippen LogP) is 3.91. The van der Waals surface area contributed by atoms with Crippen LogP contribution in [0.1, 0.15) is 17.5 Å². The molecule has 4 nitrogen and oxygen atoms in total. The lowest BCUT2D eigenvalue weighted by atomic mass is 9.83. The van der Waals surface area contributed by atoms with Crippen molar-refractivity contribution in [2.24, 2.45) is 0 Å². The summed E-state index contributed by atoms with van der Waals surface area (Å²) in [6.45, 7) is 0. The number of fused-ring (bicyclic) bond motifs is 1. The molecule has 3 rings (SSSR count). The maximum atomic E-state index is 12.5. The molecule has 0 bridgehead atoms. The van der Waals surface area contributed by atoms with Crippen LogP contribution in [0.25, 0.3) is 11.1 Å². The molecule has 0 unspecified atom stereocenters. The van der Waals surface area contributed by atoms with Gasteiger partial charge in [0.05, 0.1) is 19.8 Å². The zero-order valence-electron chi connectivity index (χ0n) is 15.0. The Labute approximate surface area is 155 Å². The Kier molecular flexibility index (Phi) is 5.30. The van der Waals surface area contributed by atoms with Crippen molar-refractivity contribution in [3.05, 3.63) is 47.5 Å². The number of amides is 1. The van der Waals surface area contributed by atoms with Gasteiger partial charge in [0, 0.05) is 6.04 Å². The maximum absolute atomic E-state index is 12.5. The average molecular weight is 379 g/mol. The number of hydrogen-bond donors (Lipinski definition) is 1. The van der Waals surface area contributed by atoms with Crippen LogP contribution in [0.15, 0.2) is 36.4 Å². The molecule has 1 N–H and O–H groups in total. The van der Waals surface area contributed by atoms with Crippen LogP contribution in [0.4, 0.5) is 13.2 Å². The summed E-state index contributed by atoms with van der Waals surface area (Å²) in [4.78, 5) is 11.2. The number of hydrogen-bond acceptors (Lipinski definition) is 3. The van der Waals surface area contributed by atoms with Gasteiger partial charge in [-0.3, -0.25) is 4.79 Å². The second-order valence-electron chi connectivity index (χ2n) is 6.39. The second-order valence-corrected chi connectivity index (χ2v) is 6.39. The minimum absolute atomic E-state index is 0.350. The normalized spacial score (nSPS) is 16.4. The Bertz CT molecular complexity index is 827. The van der Waals surface area contributed by atoms with E-state index in [0.29, 0.717) is 30.8 Å². The fourth-order valence-corrected chi connectivity index (χ4v) is 3.55. The molecule has 0 saturated heterocycles. The van der Waals surface area contributed by atoms with E-state index in [9.17, 15) is 18.0 Å². The first-order valence-electron chi connectivity index (χ1n) is 8.55. The predicted molar refractivity (Wildman–Crippen MR) is 95.0 cm³/mol. The van der Waals surface area contributed by atoms with Crippen molar-refractivity contribution in [3.63, 3.8) is 0 Å². The first kappa shape index (κ1) is 19.1. The van der Waals surface area contributed by atoms with E-state index in [1.54, 1.807) is 14.2 Å². The SMILES string of the molecule is COc1cccc(OC)c1-c1cccc2c1CC[C@H](NC(=O)C(F)(F)F)C2. The summed E-state index contributed by atoms with van der Waals surface area (Å²) in [5.41, 5.74) is 3.71. The van der Waals surface area contributed by atoms with Crippen LogP contribution in [-0.2, 0) is 17.6 Å². The van der Waals surface area contributed by atoms with Crippen molar-refractivity contribution >= 4 is 5.91 Å². The third kappa shape index (κ3) is 3.86. The highest BCUT2D eigenvalue weighted by Gasteiger charge is 2.40. The van der Waals surface area contributed by atoms with Gasteiger partial charge in [0.2, 0.25) is 0 Å². The third-order valence-corrected chi connectivity index (χ3v) is 4.77. The quantitative estimate of drug-likeness (QED) is 0.876. The number of halogens is 3. The van der Waals surface area contributed by atoms with Crippen molar-refractivity contribution in [1.29, 1.82) is 0 Å². The molecular formula is C20H20F3NO3. The van der Waals surface area contributed by atoms with Crippen LogP contribution in [0.5, 0.6) is 11.5 Å². The number of nitrogens with one attached hydrogen (secondary N) is 1. The van der Waals surface area contributed by atoms with Crippen molar-refractivity contribution in [2.45, 2.75) is 31.5 Å². The molecule has 0 aliphatic heterocycles. The molecule has 0 aromatic heterocycles. The van der Waals surface area contributed by atoms with Crippen molar-refractivity contribution < 1.29 is 27.4 Å². The number of benzene rings is 2. The third-order valence-electron chi connectivity index (χ3n) is 4.77. The molecule has 27 heavy (non-hydrogen) atoms. The summed E-state index contributed by atoms with van der Waals surface area (Å²) < 4.78 is 48.5. The zero-order valence-corrected chi connectivity index (χ0v) is 15.0. The Hall–Kier alpha value is -2.70. The minimum atomic E-state index is -4.87. The number of carbonyl (C=O) groups is 1. The monoisotopic (exact) mass is 379 g/mol. The van der Waals surface area contributed by atoms with E-state index in [1.165, 1.54) is 0 Å². The van der Waals surface area contributed by atoms with Gasteiger partial charge in [0.15, 0.2) is 0 Å². The van der Waals surface area contributed by atoms with E-state index >= 15 is 0 Å². The lowest BCUT2D eigenvalue weighted by molar-refractivity contribution is -0.174. The standard InChI is InChI=1S/C20H20F3NO3/c1-26-16-7-4-8-17(27-2)18(16)15-6-3-5-12-11-13(9-10-14(12)15)24-19(25)20(21,22)23/h3-8,13H,9-11H2,1-2H3,(H,24,25)/t13-/m0/s1. The van der Waals surface area contributed by atoms with Crippen LogP contribution in [0, 0.1) is 0 Å². The first-order valence-corrected chi connectivity index (χ1v) is 8.55. The Morgan fingerprint density at radius 1 is 1.07 bits per heavy atom. The summed E-state index contributed by atoms with van der Waals surface area (Å²) in [5.74, 6) is -0.566. The van der Waals surface area contributed by atoms with E-state index in [0.717, 1.165) is 22.3 Å². The van der Waals surface area contributed by atoms with Gasteiger partial charge < -0.3 is 14.8 Å². The number of methoxy groups -OCH3 is 2. The van der Waals surface area contributed by atoms with Gasteiger partial charge in [-0.05, 0) is 48.1 Å². The maximum Gasteiger partial charge on any atom is 0.471 e. The minimum Gasteiger partial charge on any atom is -0.496 e. The van der Waals surface area contributed by atoms with E-state index in [-0.39, 0.29) is 0 Å². The fraction of sp³-hybridized carbons (Fsp3) is 0.350. The molecule has 2 aromatic carbocycles. The molecule has 1 aliphatic carbocycles. The van der Waals surface area contributed by atoms with Crippen molar-refractivity contribution in [2.75, 3.05) is 14.2 Å². The van der Waals surface area contributed by atoms with E-state index in [4.69, 9.17) is 9.47 Å². The molecule has 2 aromatic rings. The molecule has 0 radical (unpaired) electrons. The van der Waals surface area contributed by atoms with Gasteiger partial charge in [0.1, 0.15) is 11.5 Å². The molecule has 0 saturated carbocycles. The Morgan fingerprint density at radius 2 is 1.70 bits per heavy atom. The van der Waals surface area contributed by atoms with Crippen molar-refractivity contribution in [3.8, 4) is 22.6 Å². The van der Waals surface area contributed by atoms with Gasteiger partial charge in [0.25, 0.3) is 0 Å². The number of ether oxygens (including phenoxy) is 2. The number of carbonyl (C=O) groups excluding carboxylic acids is 1. The van der Waals surface area contributed by atoms with Crippen LogP contribution in [-0.4, -0.2) is 32.3 Å². The lowest BCUT2D eigenvalue weighted by Crippen LogP contribution is -2.45. The molecule has 0 fully saturated rings. The molecule has 7 heteroatoms. The summed E-state index contributed by atoms with van der Waals surface area (Å²) in [7, 11) is 3.16. The van der Waals surface area contributed by atoms with E-state index in [1.807, 2.05) is 36.4 Å². The van der Waals surface area contributed by atoms with Gasteiger partial charge >= 0.3 is 12.1 Å². The highest BCUT2D eigenvalue weighted by molar-refractivity contribution is 5.82. The van der Waals surface area contributed by atoms with Gasteiger partial charge in [-0.1, -0.05) is 24.3 Å².